The highest BCUT2D eigenvalue weighted by molar-refractivity contribution is 5.87. The largest absolute Gasteiger partial charge is 0.453 e. The molecule has 1 amide bonds. The maximum absolute atomic E-state index is 11.0. The average molecular weight is 288 g/mol. The normalized spacial score (nSPS) is 10.0. The van der Waals surface area contributed by atoms with Crippen molar-refractivity contribution in [1.29, 1.82) is 0 Å². The van der Waals surface area contributed by atoms with Gasteiger partial charge >= 0.3 is 5.82 Å². The molecule has 2 rings (SSSR count). The van der Waals surface area contributed by atoms with Crippen molar-refractivity contribution < 1.29 is 14.5 Å². The van der Waals surface area contributed by atoms with Gasteiger partial charge in [0.15, 0.2) is 11.4 Å². The molecule has 2 aromatic rings. The van der Waals surface area contributed by atoms with Crippen molar-refractivity contribution in [3.8, 4) is 11.5 Å². The maximum atomic E-state index is 11.0. The van der Waals surface area contributed by atoms with Crippen LogP contribution in [0.4, 0.5) is 11.6 Å². The van der Waals surface area contributed by atoms with Gasteiger partial charge in [0.2, 0.25) is 5.91 Å². The van der Waals surface area contributed by atoms with E-state index in [0.717, 1.165) is 0 Å². The lowest BCUT2D eigenvalue weighted by molar-refractivity contribution is -0.389. The van der Waals surface area contributed by atoms with Crippen LogP contribution in [0, 0.1) is 17.0 Å². The number of ether oxygens (including phenoxy) is 1. The molecule has 8 nitrogen and oxygen atoms in total. The molecule has 0 aliphatic carbocycles. The van der Waals surface area contributed by atoms with Crippen molar-refractivity contribution in [2.24, 2.45) is 0 Å². The van der Waals surface area contributed by atoms with Gasteiger partial charge in [-0.1, -0.05) is 0 Å². The molecule has 0 spiro atoms. The van der Waals surface area contributed by atoms with E-state index in [9.17, 15) is 14.9 Å². The lowest BCUT2D eigenvalue weighted by Crippen LogP contribution is -2.07. The minimum Gasteiger partial charge on any atom is -0.453 e. The molecule has 0 saturated heterocycles. The molecule has 0 radical (unpaired) electrons. The van der Waals surface area contributed by atoms with Gasteiger partial charge in [0.25, 0.3) is 0 Å². The van der Waals surface area contributed by atoms with Crippen molar-refractivity contribution in [2.45, 2.75) is 13.8 Å². The van der Waals surface area contributed by atoms with Gasteiger partial charge < -0.3 is 20.2 Å². The lowest BCUT2D eigenvalue weighted by Gasteiger charge is -2.07. The summed E-state index contributed by atoms with van der Waals surface area (Å²) in [4.78, 5) is 28.8. The molecule has 0 unspecified atom stereocenters. The van der Waals surface area contributed by atoms with Gasteiger partial charge in [0.1, 0.15) is 11.6 Å². The van der Waals surface area contributed by atoms with Crippen LogP contribution in [0.2, 0.25) is 0 Å². The molecule has 0 saturated carbocycles. The van der Waals surface area contributed by atoms with Crippen LogP contribution in [-0.4, -0.2) is 20.8 Å². The Hall–Kier alpha value is -3.03. The highest BCUT2D eigenvalue weighted by atomic mass is 16.6. The van der Waals surface area contributed by atoms with E-state index in [1.165, 1.54) is 25.3 Å². The third-order valence-electron chi connectivity index (χ3n) is 2.47. The maximum Gasteiger partial charge on any atom is 0.363 e. The number of carbonyl (C=O) groups excluding carboxylic acids is 1. The summed E-state index contributed by atoms with van der Waals surface area (Å²) in [6.07, 6.45) is 1.48. The Kier molecular flexibility index (Phi) is 4.07. The molecular weight excluding hydrogens is 276 g/mol. The first-order valence-electron chi connectivity index (χ1n) is 5.99. The van der Waals surface area contributed by atoms with Gasteiger partial charge in [0.05, 0.1) is 0 Å². The number of anilines is 1. The molecule has 21 heavy (non-hydrogen) atoms. The Morgan fingerprint density at radius 2 is 2.14 bits per heavy atom. The monoisotopic (exact) mass is 288 g/mol. The zero-order chi connectivity index (χ0) is 15.4. The second-order valence-electron chi connectivity index (χ2n) is 4.17. The Bertz CT molecular complexity index is 702. The van der Waals surface area contributed by atoms with Crippen molar-refractivity contribution in [2.75, 3.05) is 5.32 Å². The SMILES string of the molecule is CC(=O)Nc1cc(Oc2ccc([N+](=O)[O-])nc2C)ccn1. The van der Waals surface area contributed by atoms with Crippen molar-refractivity contribution in [1.82, 2.24) is 9.97 Å². The quantitative estimate of drug-likeness (QED) is 0.684. The number of aromatic nitrogens is 2. The van der Waals surface area contributed by atoms with E-state index in [1.54, 1.807) is 19.1 Å². The van der Waals surface area contributed by atoms with Crippen LogP contribution in [0.1, 0.15) is 12.6 Å². The predicted octanol–water partition coefficient (Wildman–Crippen LogP) is 2.44. The van der Waals surface area contributed by atoms with E-state index in [2.05, 4.69) is 15.3 Å². The third-order valence-corrected chi connectivity index (χ3v) is 2.47. The minimum atomic E-state index is -0.571. The van der Waals surface area contributed by atoms with Gasteiger partial charge in [-0.3, -0.25) is 4.79 Å². The summed E-state index contributed by atoms with van der Waals surface area (Å²) in [5.74, 6) is 0.696. The van der Waals surface area contributed by atoms with Crippen LogP contribution in [0.3, 0.4) is 0 Å². The topological polar surface area (TPSA) is 107 Å². The Labute approximate surface area is 120 Å². The molecule has 0 bridgehead atoms. The summed E-state index contributed by atoms with van der Waals surface area (Å²) in [7, 11) is 0. The standard InChI is InChI=1S/C13H12N4O4/c1-8-11(3-4-13(15-8)17(19)20)21-10-5-6-14-12(7-10)16-9(2)18/h3-7H,1-2H3,(H,14,16,18). The highest BCUT2D eigenvalue weighted by Gasteiger charge is 2.13. The van der Waals surface area contributed by atoms with Crippen LogP contribution in [-0.2, 0) is 4.79 Å². The molecule has 0 aromatic carbocycles. The van der Waals surface area contributed by atoms with Gasteiger partial charge in [-0.25, -0.2) is 4.98 Å². The molecule has 2 aromatic heterocycles. The number of nitro groups is 1. The number of rotatable bonds is 4. The van der Waals surface area contributed by atoms with Crippen molar-refractivity contribution in [3.05, 3.63) is 46.3 Å². The molecule has 2 heterocycles. The van der Waals surface area contributed by atoms with E-state index in [1.807, 2.05) is 0 Å². The summed E-state index contributed by atoms with van der Waals surface area (Å²) >= 11 is 0. The summed E-state index contributed by atoms with van der Waals surface area (Å²) in [6.45, 7) is 2.98. The van der Waals surface area contributed by atoms with E-state index in [4.69, 9.17) is 4.74 Å². The first-order valence-corrected chi connectivity index (χ1v) is 5.99. The zero-order valence-corrected chi connectivity index (χ0v) is 11.4. The van der Waals surface area contributed by atoms with Crippen LogP contribution in [0.5, 0.6) is 11.5 Å². The average Bonchev–Trinajstić information content (AvgIpc) is 2.40. The van der Waals surface area contributed by atoms with Crippen LogP contribution >= 0.6 is 0 Å². The van der Waals surface area contributed by atoms with Crippen molar-refractivity contribution in [3.63, 3.8) is 0 Å². The number of nitrogens with one attached hydrogen (secondary N) is 1. The number of hydrogen-bond acceptors (Lipinski definition) is 6. The molecule has 1 N–H and O–H groups in total. The predicted molar refractivity (Wildman–Crippen MR) is 74.2 cm³/mol. The number of aryl methyl sites for hydroxylation is 1. The van der Waals surface area contributed by atoms with Gasteiger partial charge in [-0.15, -0.1) is 0 Å². The summed E-state index contributed by atoms with van der Waals surface area (Å²) in [5, 5.41) is 13.2. The number of carbonyl (C=O) groups is 1. The van der Waals surface area contributed by atoms with Gasteiger partial charge in [-0.2, -0.15) is 0 Å². The molecular formula is C13H12N4O4. The smallest absolute Gasteiger partial charge is 0.363 e. The fourth-order valence-electron chi connectivity index (χ4n) is 1.59. The van der Waals surface area contributed by atoms with E-state index in [-0.39, 0.29) is 11.7 Å². The second kappa shape index (κ2) is 5.95. The Morgan fingerprint density at radius 1 is 1.38 bits per heavy atom. The molecule has 108 valence electrons. The Balaban J connectivity index is 2.22. The Morgan fingerprint density at radius 3 is 2.76 bits per heavy atom. The first-order chi connectivity index (χ1) is 9.95. The summed E-state index contributed by atoms with van der Waals surface area (Å²) < 4.78 is 5.59. The highest BCUT2D eigenvalue weighted by Crippen LogP contribution is 2.26. The number of nitrogens with zero attached hydrogens (tertiary/aromatic N) is 3. The second-order valence-corrected chi connectivity index (χ2v) is 4.17. The molecule has 0 fully saturated rings. The molecule has 8 heteroatoms. The van der Waals surface area contributed by atoms with E-state index in [0.29, 0.717) is 23.0 Å². The van der Waals surface area contributed by atoms with Gasteiger partial charge in [-0.05, 0) is 22.0 Å². The summed E-state index contributed by atoms with van der Waals surface area (Å²) in [6, 6.07) is 5.88. The van der Waals surface area contributed by atoms with Crippen LogP contribution < -0.4 is 10.1 Å². The zero-order valence-electron chi connectivity index (χ0n) is 11.4. The fourth-order valence-corrected chi connectivity index (χ4v) is 1.59. The van der Waals surface area contributed by atoms with Crippen molar-refractivity contribution >= 4 is 17.5 Å². The van der Waals surface area contributed by atoms with Gasteiger partial charge in [0, 0.05) is 32.2 Å². The number of amides is 1. The lowest BCUT2D eigenvalue weighted by atomic mass is 10.3. The fraction of sp³-hybridized carbons (Fsp3) is 0.154. The van der Waals surface area contributed by atoms with E-state index >= 15 is 0 Å². The number of hydrogen-bond donors (Lipinski definition) is 1. The number of pyridine rings is 2. The minimum absolute atomic E-state index is 0.242. The third kappa shape index (κ3) is 3.72. The molecule has 0 aliphatic rings. The van der Waals surface area contributed by atoms with Crippen LogP contribution in [0.15, 0.2) is 30.5 Å². The van der Waals surface area contributed by atoms with E-state index < -0.39 is 4.92 Å². The summed E-state index contributed by atoms with van der Waals surface area (Å²) in [5.41, 5.74) is 0.391. The first kappa shape index (κ1) is 14.4. The van der Waals surface area contributed by atoms with Crippen LogP contribution in [0.25, 0.3) is 0 Å². The molecule has 0 atom stereocenters. The molecule has 0 aliphatic heterocycles.